The van der Waals surface area contributed by atoms with E-state index in [0.717, 1.165) is 5.52 Å². The molecular formula is C15H20N4O2. The predicted octanol–water partition coefficient (Wildman–Crippen LogP) is 1.62. The Morgan fingerprint density at radius 2 is 2.19 bits per heavy atom. The fraction of sp³-hybridized carbons (Fsp3) is 0.533. The van der Waals surface area contributed by atoms with Gasteiger partial charge in [-0.3, -0.25) is 4.79 Å². The van der Waals surface area contributed by atoms with Gasteiger partial charge in [0.05, 0.1) is 24.5 Å². The summed E-state index contributed by atoms with van der Waals surface area (Å²) < 4.78 is 7.28. The number of aromatic nitrogens is 3. The minimum Gasteiger partial charge on any atom is -0.374 e. The van der Waals surface area contributed by atoms with Gasteiger partial charge in [0, 0.05) is 19.3 Å². The molecule has 0 unspecified atom stereocenters. The lowest BCUT2D eigenvalue weighted by Crippen LogP contribution is -2.50. The average molecular weight is 288 g/mol. The van der Waals surface area contributed by atoms with Crippen molar-refractivity contribution in [1.29, 1.82) is 0 Å². The lowest BCUT2D eigenvalue weighted by molar-refractivity contribution is -0.0706. The molecule has 2 aromatic rings. The second-order valence-electron chi connectivity index (χ2n) is 6.43. The Hall–Kier alpha value is -1.95. The van der Waals surface area contributed by atoms with Crippen molar-refractivity contribution >= 4 is 11.4 Å². The van der Waals surface area contributed by atoms with Crippen LogP contribution < -0.4 is 0 Å². The first kappa shape index (κ1) is 14.0. The fourth-order valence-electron chi connectivity index (χ4n) is 2.53. The second-order valence-corrected chi connectivity index (χ2v) is 6.43. The molecule has 6 heteroatoms. The van der Waals surface area contributed by atoms with Gasteiger partial charge < -0.3 is 9.64 Å². The summed E-state index contributed by atoms with van der Waals surface area (Å²) in [6.45, 7) is 8.19. The van der Waals surface area contributed by atoms with E-state index in [4.69, 9.17) is 4.74 Å². The van der Waals surface area contributed by atoms with Gasteiger partial charge in [-0.05, 0) is 17.5 Å². The Morgan fingerprint density at radius 1 is 1.38 bits per heavy atom. The molecule has 2 aromatic heterocycles. The van der Waals surface area contributed by atoms with Crippen LogP contribution in [0.15, 0.2) is 24.5 Å². The van der Waals surface area contributed by atoms with Crippen LogP contribution in [0, 0.1) is 5.41 Å². The molecular weight excluding hydrogens is 268 g/mol. The molecule has 1 aliphatic heterocycles. The van der Waals surface area contributed by atoms with Crippen LogP contribution in [0.2, 0.25) is 0 Å². The highest BCUT2D eigenvalue weighted by Crippen LogP contribution is 2.26. The van der Waals surface area contributed by atoms with E-state index < -0.39 is 0 Å². The number of morpholine rings is 1. The van der Waals surface area contributed by atoms with Gasteiger partial charge in [-0.25, -0.2) is 0 Å². The van der Waals surface area contributed by atoms with Crippen LogP contribution >= 0.6 is 0 Å². The number of fused-ring (bicyclic) bond motifs is 1. The van der Waals surface area contributed by atoms with E-state index in [9.17, 15) is 4.79 Å². The molecule has 1 amide bonds. The zero-order valence-corrected chi connectivity index (χ0v) is 12.6. The molecule has 1 aliphatic rings. The van der Waals surface area contributed by atoms with Crippen molar-refractivity contribution in [2.24, 2.45) is 5.41 Å². The van der Waals surface area contributed by atoms with Gasteiger partial charge >= 0.3 is 0 Å². The van der Waals surface area contributed by atoms with Crippen molar-refractivity contribution in [1.82, 2.24) is 19.7 Å². The Balaban J connectivity index is 1.85. The molecule has 0 aromatic carbocycles. The van der Waals surface area contributed by atoms with E-state index in [1.165, 1.54) is 4.63 Å². The molecule has 0 saturated carbocycles. The maximum absolute atomic E-state index is 12.7. The zero-order chi connectivity index (χ0) is 15.0. The number of carbonyl (C=O) groups is 1. The number of hydrogen-bond donors (Lipinski definition) is 0. The highest BCUT2D eigenvalue weighted by molar-refractivity contribution is 6.00. The molecule has 0 spiro atoms. The first-order chi connectivity index (χ1) is 9.97. The third-order valence-corrected chi connectivity index (χ3v) is 3.85. The summed E-state index contributed by atoms with van der Waals surface area (Å²) in [5.41, 5.74) is 1.35. The molecule has 0 radical (unpaired) electrons. The Kier molecular flexibility index (Phi) is 3.41. The Labute approximate surface area is 123 Å². The van der Waals surface area contributed by atoms with Gasteiger partial charge in [-0.2, -0.15) is 14.8 Å². The summed E-state index contributed by atoms with van der Waals surface area (Å²) in [5, 5.41) is 8.22. The first-order valence-electron chi connectivity index (χ1n) is 7.17. The van der Waals surface area contributed by atoms with Crippen LogP contribution in [0.4, 0.5) is 0 Å². The van der Waals surface area contributed by atoms with Gasteiger partial charge in [-0.15, -0.1) is 0 Å². The van der Waals surface area contributed by atoms with Crippen molar-refractivity contribution in [3.05, 3.63) is 30.1 Å². The highest BCUT2D eigenvalue weighted by atomic mass is 16.5. The predicted molar refractivity (Wildman–Crippen MR) is 78.1 cm³/mol. The maximum atomic E-state index is 12.7. The molecule has 3 rings (SSSR count). The van der Waals surface area contributed by atoms with E-state index in [2.05, 4.69) is 31.0 Å². The quantitative estimate of drug-likeness (QED) is 0.800. The molecule has 112 valence electrons. The van der Waals surface area contributed by atoms with E-state index in [1.54, 1.807) is 12.4 Å². The Bertz CT molecular complexity index is 659. The third-order valence-electron chi connectivity index (χ3n) is 3.85. The smallest absolute Gasteiger partial charge is 0.257 e. The SMILES string of the molecule is CC(C)(C)[C@H]1CN(C(=O)c2cnn3ncccc23)CCO1. The van der Waals surface area contributed by atoms with Gasteiger partial charge in [0.25, 0.3) is 5.91 Å². The Morgan fingerprint density at radius 3 is 2.95 bits per heavy atom. The van der Waals surface area contributed by atoms with Crippen molar-refractivity contribution in [3.63, 3.8) is 0 Å². The molecule has 0 bridgehead atoms. The molecule has 21 heavy (non-hydrogen) atoms. The summed E-state index contributed by atoms with van der Waals surface area (Å²) >= 11 is 0. The minimum absolute atomic E-state index is 0.00412. The van der Waals surface area contributed by atoms with Crippen molar-refractivity contribution in [3.8, 4) is 0 Å². The fourth-order valence-corrected chi connectivity index (χ4v) is 2.53. The van der Waals surface area contributed by atoms with Crippen LogP contribution in [0.3, 0.4) is 0 Å². The average Bonchev–Trinajstić information content (AvgIpc) is 2.90. The number of rotatable bonds is 1. The van der Waals surface area contributed by atoms with Crippen LogP contribution in [0.1, 0.15) is 31.1 Å². The minimum atomic E-state index is -0.00412. The number of hydrogen-bond acceptors (Lipinski definition) is 4. The molecule has 0 aliphatic carbocycles. The number of nitrogens with zero attached hydrogens (tertiary/aromatic N) is 4. The van der Waals surface area contributed by atoms with Crippen molar-refractivity contribution in [2.75, 3.05) is 19.7 Å². The van der Waals surface area contributed by atoms with Gasteiger partial charge in [0.1, 0.15) is 5.52 Å². The lowest BCUT2D eigenvalue weighted by atomic mass is 9.88. The number of ether oxygens (including phenoxy) is 1. The topological polar surface area (TPSA) is 59.7 Å². The van der Waals surface area contributed by atoms with E-state index in [-0.39, 0.29) is 17.4 Å². The normalized spacial score (nSPS) is 20.0. The monoisotopic (exact) mass is 288 g/mol. The molecule has 3 heterocycles. The summed E-state index contributed by atoms with van der Waals surface area (Å²) in [5.74, 6) is -0.00412. The number of carbonyl (C=O) groups excluding carboxylic acids is 1. The molecule has 1 fully saturated rings. The van der Waals surface area contributed by atoms with Crippen LogP contribution in [-0.2, 0) is 4.74 Å². The maximum Gasteiger partial charge on any atom is 0.257 e. The van der Waals surface area contributed by atoms with Crippen LogP contribution in [0.25, 0.3) is 5.52 Å². The van der Waals surface area contributed by atoms with Gasteiger partial charge in [0.2, 0.25) is 0 Å². The highest BCUT2D eigenvalue weighted by Gasteiger charge is 2.33. The summed E-state index contributed by atoms with van der Waals surface area (Å²) in [6.07, 6.45) is 3.29. The first-order valence-corrected chi connectivity index (χ1v) is 7.17. The van der Waals surface area contributed by atoms with E-state index in [0.29, 0.717) is 25.3 Å². The molecule has 0 N–H and O–H groups in total. The molecule has 6 nitrogen and oxygen atoms in total. The lowest BCUT2D eigenvalue weighted by Gasteiger charge is -2.39. The summed E-state index contributed by atoms with van der Waals surface area (Å²) in [6, 6.07) is 3.67. The van der Waals surface area contributed by atoms with E-state index >= 15 is 0 Å². The summed E-state index contributed by atoms with van der Waals surface area (Å²) in [4.78, 5) is 14.6. The van der Waals surface area contributed by atoms with E-state index in [1.807, 2.05) is 17.0 Å². The van der Waals surface area contributed by atoms with Gasteiger partial charge in [0.15, 0.2) is 0 Å². The van der Waals surface area contributed by atoms with Crippen molar-refractivity contribution in [2.45, 2.75) is 26.9 Å². The second kappa shape index (κ2) is 5.11. The third kappa shape index (κ3) is 2.63. The summed E-state index contributed by atoms with van der Waals surface area (Å²) in [7, 11) is 0. The molecule has 1 saturated heterocycles. The largest absolute Gasteiger partial charge is 0.374 e. The van der Waals surface area contributed by atoms with Gasteiger partial charge in [-0.1, -0.05) is 20.8 Å². The molecule has 1 atom stereocenters. The standard InChI is InChI=1S/C15H20N4O2/c1-15(2,3)13-10-18(7-8-21-13)14(20)11-9-17-19-12(11)5-4-6-16-19/h4-6,9,13H,7-8,10H2,1-3H3/t13-/m1/s1. The van der Waals surface area contributed by atoms with Crippen LogP contribution in [-0.4, -0.2) is 51.4 Å². The van der Waals surface area contributed by atoms with Crippen LogP contribution in [0.5, 0.6) is 0 Å². The number of amides is 1. The zero-order valence-electron chi connectivity index (χ0n) is 12.6. The van der Waals surface area contributed by atoms with Crippen molar-refractivity contribution < 1.29 is 9.53 Å².